The lowest BCUT2D eigenvalue weighted by atomic mass is 10.1. The quantitative estimate of drug-likeness (QED) is 0.853. The molecule has 0 radical (unpaired) electrons. The van der Waals surface area contributed by atoms with E-state index in [2.05, 4.69) is 17.3 Å². The summed E-state index contributed by atoms with van der Waals surface area (Å²) in [6.45, 7) is 4.12. The van der Waals surface area contributed by atoms with Crippen LogP contribution in [0.15, 0.2) is 6.20 Å². The minimum atomic E-state index is 0.403. The minimum absolute atomic E-state index is 0.403. The van der Waals surface area contributed by atoms with Crippen molar-refractivity contribution in [2.45, 2.75) is 45.2 Å². The molecule has 2 rings (SSSR count). The van der Waals surface area contributed by atoms with Crippen molar-refractivity contribution in [3.8, 4) is 5.75 Å². The van der Waals surface area contributed by atoms with E-state index in [0.29, 0.717) is 6.04 Å². The third kappa shape index (κ3) is 2.21. The van der Waals surface area contributed by atoms with Gasteiger partial charge in [0.1, 0.15) is 0 Å². The summed E-state index contributed by atoms with van der Waals surface area (Å²) < 4.78 is 7.44. The lowest BCUT2D eigenvalue weighted by molar-refractivity contribution is 0.389. The summed E-state index contributed by atoms with van der Waals surface area (Å²) in [5.74, 6) is 0.918. The molecule has 1 aromatic rings. The second-order valence-electron chi connectivity index (χ2n) is 4.27. The Morgan fingerprint density at radius 1 is 1.50 bits per heavy atom. The molecule has 1 aliphatic rings. The fourth-order valence-electron chi connectivity index (χ4n) is 2.40. The van der Waals surface area contributed by atoms with Crippen molar-refractivity contribution < 1.29 is 4.74 Å². The number of hydrogen-bond donors (Lipinski definition) is 1. The predicted octanol–water partition coefficient (Wildman–Crippen LogP) is 2.12. The Morgan fingerprint density at radius 2 is 2.38 bits per heavy atom. The summed E-state index contributed by atoms with van der Waals surface area (Å²) in [6.07, 6.45) is 6.90. The maximum Gasteiger partial charge on any atom is 0.161 e. The summed E-state index contributed by atoms with van der Waals surface area (Å²) >= 11 is 0. The van der Waals surface area contributed by atoms with Crippen LogP contribution < -0.4 is 10.1 Å². The second kappa shape index (κ2) is 5.34. The Hall–Kier alpha value is -1.03. The van der Waals surface area contributed by atoms with Crippen LogP contribution in [0, 0.1) is 0 Å². The van der Waals surface area contributed by atoms with Gasteiger partial charge in [-0.1, -0.05) is 12.8 Å². The van der Waals surface area contributed by atoms with E-state index in [4.69, 9.17) is 4.74 Å². The van der Waals surface area contributed by atoms with Gasteiger partial charge in [-0.2, -0.15) is 5.10 Å². The maximum absolute atomic E-state index is 5.40. The predicted molar refractivity (Wildman–Crippen MR) is 63.7 cm³/mol. The van der Waals surface area contributed by atoms with Gasteiger partial charge in [-0.15, -0.1) is 0 Å². The summed E-state index contributed by atoms with van der Waals surface area (Å²) in [7, 11) is 1.72. The first-order valence-electron chi connectivity index (χ1n) is 6.20. The third-order valence-corrected chi connectivity index (χ3v) is 3.25. The van der Waals surface area contributed by atoms with Crippen molar-refractivity contribution in [3.63, 3.8) is 0 Å². The standard InChI is InChI=1S/C12H21N3O/c1-3-15-12(11(16-2)9-14-15)10-7-5-4-6-8-13-10/h9-10,13H,3-8H2,1-2H3. The van der Waals surface area contributed by atoms with Gasteiger partial charge in [-0.3, -0.25) is 4.68 Å². The number of hydrogen-bond acceptors (Lipinski definition) is 3. The van der Waals surface area contributed by atoms with Crippen LogP contribution in [-0.2, 0) is 6.54 Å². The van der Waals surface area contributed by atoms with Crippen LogP contribution in [0.5, 0.6) is 5.75 Å². The third-order valence-electron chi connectivity index (χ3n) is 3.25. The molecule has 90 valence electrons. The summed E-state index contributed by atoms with van der Waals surface area (Å²) in [6, 6.07) is 0.403. The fraction of sp³-hybridized carbons (Fsp3) is 0.750. The highest BCUT2D eigenvalue weighted by Crippen LogP contribution is 2.29. The molecule has 1 saturated heterocycles. The fourth-order valence-corrected chi connectivity index (χ4v) is 2.40. The molecule has 0 saturated carbocycles. The Balaban J connectivity index is 2.24. The normalized spacial score (nSPS) is 21.8. The molecule has 0 bridgehead atoms. The second-order valence-corrected chi connectivity index (χ2v) is 4.27. The van der Waals surface area contributed by atoms with Crippen molar-refractivity contribution in [2.75, 3.05) is 13.7 Å². The Morgan fingerprint density at radius 3 is 3.12 bits per heavy atom. The van der Waals surface area contributed by atoms with E-state index in [0.717, 1.165) is 18.8 Å². The summed E-state index contributed by atoms with van der Waals surface area (Å²) in [5.41, 5.74) is 1.21. The summed E-state index contributed by atoms with van der Waals surface area (Å²) in [5, 5.41) is 7.96. The van der Waals surface area contributed by atoms with Crippen LogP contribution in [0.4, 0.5) is 0 Å². The van der Waals surface area contributed by atoms with E-state index < -0.39 is 0 Å². The lowest BCUT2D eigenvalue weighted by Gasteiger charge is -2.18. The van der Waals surface area contributed by atoms with Crippen molar-refractivity contribution in [1.82, 2.24) is 15.1 Å². The van der Waals surface area contributed by atoms with Gasteiger partial charge >= 0.3 is 0 Å². The van der Waals surface area contributed by atoms with Crippen molar-refractivity contribution >= 4 is 0 Å². The molecule has 0 amide bonds. The van der Waals surface area contributed by atoms with Gasteiger partial charge in [0.2, 0.25) is 0 Å². The monoisotopic (exact) mass is 223 g/mol. The zero-order valence-corrected chi connectivity index (χ0v) is 10.2. The maximum atomic E-state index is 5.40. The first kappa shape index (κ1) is 11.5. The number of aryl methyl sites for hydroxylation is 1. The van der Waals surface area contributed by atoms with Gasteiger partial charge in [-0.25, -0.2) is 0 Å². The number of aromatic nitrogens is 2. The average molecular weight is 223 g/mol. The van der Waals surface area contributed by atoms with Crippen LogP contribution in [0.2, 0.25) is 0 Å². The van der Waals surface area contributed by atoms with E-state index in [1.807, 2.05) is 10.9 Å². The van der Waals surface area contributed by atoms with E-state index in [9.17, 15) is 0 Å². The number of nitrogens with one attached hydrogen (secondary N) is 1. The lowest BCUT2D eigenvalue weighted by Crippen LogP contribution is -2.23. The molecule has 1 aliphatic heterocycles. The smallest absolute Gasteiger partial charge is 0.161 e. The molecule has 0 aromatic carbocycles. The Kier molecular flexibility index (Phi) is 3.83. The number of rotatable bonds is 3. The van der Waals surface area contributed by atoms with Gasteiger partial charge in [0, 0.05) is 6.54 Å². The molecule has 1 fully saturated rings. The highest BCUT2D eigenvalue weighted by Gasteiger charge is 2.21. The molecule has 1 aromatic heterocycles. The number of methoxy groups -OCH3 is 1. The largest absolute Gasteiger partial charge is 0.493 e. The molecular formula is C12H21N3O. The minimum Gasteiger partial charge on any atom is -0.493 e. The topological polar surface area (TPSA) is 39.1 Å². The van der Waals surface area contributed by atoms with E-state index in [1.165, 1.54) is 31.4 Å². The average Bonchev–Trinajstić information content (AvgIpc) is 2.54. The van der Waals surface area contributed by atoms with Gasteiger partial charge in [0.05, 0.1) is 25.0 Å². The van der Waals surface area contributed by atoms with Crippen LogP contribution in [0.3, 0.4) is 0 Å². The Bertz CT molecular complexity index is 306. The first-order chi connectivity index (χ1) is 7.86. The number of ether oxygens (including phenoxy) is 1. The number of nitrogens with zero attached hydrogens (tertiary/aromatic N) is 2. The van der Waals surface area contributed by atoms with Crippen LogP contribution in [0.25, 0.3) is 0 Å². The molecular weight excluding hydrogens is 202 g/mol. The molecule has 0 spiro atoms. The van der Waals surface area contributed by atoms with Gasteiger partial charge in [0.25, 0.3) is 0 Å². The van der Waals surface area contributed by atoms with Crippen LogP contribution >= 0.6 is 0 Å². The van der Waals surface area contributed by atoms with E-state index in [1.54, 1.807) is 7.11 Å². The van der Waals surface area contributed by atoms with Crippen LogP contribution in [-0.4, -0.2) is 23.4 Å². The van der Waals surface area contributed by atoms with E-state index >= 15 is 0 Å². The van der Waals surface area contributed by atoms with Crippen LogP contribution in [0.1, 0.15) is 44.3 Å². The molecule has 0 aliphatic carbocycles. The van der Waals surface area contributed by atoms with Crippen molar-refractivity contribution in [2.24, 2.45) is 0 Å². The Labute approximate surface area is 97.0 Å². The summed E-state index contributed by atoms with van der Waals surface area (Å²) in [4.78, 5) is 0. The molecule has 2 heterocycles. The molecule has 4 nitrogen and oxygen atoms in total. The molecule has 4 heteroatoms. The SMILES string of the molecule is CCn1ncc(OC)c1C1CCCCCN1. The van der Waals surface area contributed by atoms with E-state index in [-0.39, 0.29) is 0 Å². The highest BCUT2D eigenvalue weighted by atomic mass is 16.5. The van der Waals surface area contributed by atoms with Gasteiger partial charge in [0.15, 0.2) is 5.75 Å². The first-order valence-corrected chi connectivity index (χ1v) is 6.20. The van der Waals surface area contributed by atoms with Gasteiger partial charge in [-0.05, 0) is 26.3 Å². The zero-order chi connectivity index (χ0) is 11.4. The molecule has 1 atom stereocenters. The molecule has 1 unspecified atom stereocenters. The molecule has 16 heavy (non-hydrogen) atoms. The zero-order valence-electron chi connectivity index (χ0n) is 10.2. The van der Waals surface area contributed by atoms with Gasteiger partial charge < -0.3 is 10.1 Å². The molecule has 1 N–H and O–H groups in total. The van der Waals surface area contributed by atoms with Crippen molar-refractivity contribution in [1.29, 1.82) is 0 Å². The van der Waals surface area contributed by atoms with Crippen molar-refractivity contribution in [3.05, 3.63) is 11.9 Å². The highest BCUT2D eigenvalue weighted by molar-refractivity contribution is 5.28.